The van der Waals surface area contributed by atoms with Crippen LogP contribution in [0.4, 0.5) is 11.4 Å². The maximum Gasteiger partial charge on any atom is 0.270 e. The molecule has 1 fully saturated rings. The van der Waals surface area contributed by atoms with Gasteiger partial charge in [-0.1, -0.05) is 23.7 Å². The zero-order valence-corrected chi connectivity index (χ0v) is 16.6. The number of anilines is 2. The summed E-state index contributed by atoms with van der Waals surface area (Å²) < 4.78 is 1.97. The van der Waals surface area contributed by atoms with E-state index in [0.29, 0.717) is 11.1 Å². The fourth-order valence-corrected chi connectivity index (χ4v) is 4.70. The van der Waals surface area contributed by atoms with Crippen LogP contribution < -0.4 is 10.2 Å². The first kappa shape index (κ1) is 17.4. The highest BCUT2D eigenvalue weighted by Gasteiger charge is 2.31. The number of para-hydroxylation sites is 2. The third-order valence-corrected chi connectivity index (χ3v) is 6.30. The van der Waals surface area contributed by atoms with E-state index in [1.165, 1.54) is 11.4 Å². The second-order valence-corrected chi connectivity index (χ2v) is 8.07. The van der Waals surface area contributed by atoms with Crippen LogP contribution in [0.5, 0.6) is 0 Å². The molecule has 1 N–H and O–H groups in total. The Hall–Kier alpha value is -2.66. The van der Waals surface area contributed by atoms with Crippen LogP contribution >= 0.6 is 11.6 Å². The lowest BCUT2D eigenvalue weighted by molar-refractivity contribution is 0.0703. The van der Waals surface area contributed by atoms with Gasteiger partial charge in [-0.05, 0) is 49.2 Å². The van der Waals surface area contributed by atoms with Crippen molar-refractivity contribution < 1.29 is 4.79 Å². The Morgan fingerprint density at radius 2 is 1.89 bits per heavy atom. The number of likely N-dealkylation sites (tertiary alicyclic amines) is 1. The summed E-state index contributed by atoms with van der Waals surface area (Å²) >= 11 is 6.11. The number of hydrogen-bond acceptors (Lipinski definition) is 3. The van der Waals surface area contributed by atoms with E-state index >= 15 is 0 Å². The number of rotatable bonds is 2. The number of hydrogen-bond donors (Lipinski definition) is 1. The smallest absolute Gasteiger partial charge is 0.270 e. The van der Waals surface area contributed by atoms with E-state index in [1.54, 1.807) is 0 Å². The van der Waals surface area contributed by atoms with Gasteiger partial charge in [-0.25, -0.2) is 0 Å². The Kier molecular flexibility index (Phi) is 4.20. The summed E-state index contributed by atoms with van der Waals surface area (Å²) in [6.07, 6.45) is 1.97. The quantitative estimate of drug-likeness (QED) is 0.703. The number of aryl methyl sites for hydroxylation is 1. The summed E-state index contributed by atoms with van der Waals surface area (Å²) in [4.78, 5) is 17.6. The summed E-state index contributed by atoms with van der Waals surface area (Å²) in [5.74, 6) is 0.105. The summed E-state index contributed by atoms with van der Waals surface area (Å²) in [5.41, 5.74) is 4.24. The molecule has 0 unspecified atom stereocenters. The molecule has 2 aliphatic heterocycles. The lowest BCUT2D eigenvalue weighted by Crippen LogP contribution is -2.47. The van der Waals surface area contributed by atoms with Crippen LogP contribution in [0.1, 0.15) is 23.3 Å². The first-order valence-corrected chi connectivity index (χ1v) is 10.1. The van der Waals surface area contributed by atoms with Crippen molar-refractivity contribution in [2.45, 2.75) is 18.9 Å². The molecule has 1 amide bonds. The van der Waals surface area contributed by atoms with E-state index in [4.69, 9.17) is 11.6 Å². The van der Waals surface area contributed by atoms with Gasteiger partial charge in [0.25, 0.3) is 5.91 Å². The van der Waals surface area contributed by atoms with Gasteiger partial charge in [0.15, 0.2) is 0 Å². The predicted octanol–water partition coefficient (Wildman–Crippen LogP) is 4.33. The molecule has 5 rings (SSSR count). The van der Waals surface area contributed by atoms with E-state index in [0.717, 1.165) is 49.2 Å². The van der Waals surface area contributed by atoms with Crippen LogP contribution in [-0.4, -0.2) is 41.2 Å². The van der Waals surface area contributed by atoms with E-state index in [-0.39, 0.29) is 5.91 Å². The van der Waals surface area contributed by atoms with Crippen molar-refractivity contribution in [3.05, 3.63) is 59.2 Å². The van der Waals surface area contributed by atoms with Crippen molar-refractivity contribution in [2.24, 2.45) is 7.05 Å². The molecule has 28 heavy (non-hydrogen) atoms. The molecule has 0 bridgehead atoms. The molecule has 0 spiro atoms. The minimum absolute atomic E-state index is 0.105. The molecular weight excluding hydrogens is 372 g/mol. The van der Waals surface area contributed by atoms with Crippen LogP contribution in [0.2, 0.25) is 5.02 Å². The molecule has 3 aromatic rings. The molecule has 144 valence electrons. The molecule has 0 aliphatic carbocycles. The third kappa shape index (κ3) is 2.81. The summed E-state index contributed by atoms with van der Waals surface area (Å²) in [6, 6.07) is 16.6. The molecule has 0 radical (unpaired) electrons. The fraction of sp³-hybridized carbons (Fsp3) is 0.318. The number of benzene rings is 2. The number of nitrogens with zero attached hydrogens (tertiary/aromatic N) is 3. The molecule has 2 aliphatic rings. The van der Waals surface area contributed by atoms with Crippen molar-refractivity contribution >= 4 is 39.8 Å². The number of amides is 1. The van der Waals surface area contributed by atoms with Gasteiger partial charge < -0.3 is 19.7 Å². The maximum absolute atomic E-state index is 13.1. The number of carbonyl (C=O) groups is 1. The minimum atomic E-state index is 0.105. The topological polar surface area (TPSA) is 40.5 Å². The number of aromatic nitrogens is 1. The van der Waals surface area contributed by atoms with Gasteiger partial charge in [0, 0.05) is 42.1 Å². The van der Waals surface area contributed by atoms with Crippen LogP contribution in [0, 0.1) is 0 Å². The van der Waals surface area contributed by atoms with Gasteiger partial charge in [-0.3, -0.25) is 4.79 Å². The molecular formula is C22H23ClN4O. The first-order valence-electron chi connectivity index (χ1n) is 9.75. The number of fused-ring (bicyclic) bond motifs is 2. The van der Waals surface area contributed by atoms with Crippen LogP contribution in [0.25, 0.3) is 10.9 Å². The standard InChI is InChI=1S/C22H23ClN4O/c1-25-19-7-6-16(23)12-15(19)13-21(25)22(28)26-10-8-17(9-11-26)27-14-24-18-4-2-3-5-20(18)27/h2-7,12-13,17,24H,8-11,14H2,1H3. The second-order valence-electron chi connectivity index (χ2n) is 7.64. The summed E-state index contributed by atoms with van der Waals surface area (Å²) in [7, 11) is 1.95. The fourth-order valence-electron chi connectivity index (χ4n) is 4.52. The third-order valence-electron chi connectivity index (χ3n) is 6.07. The van der Waals surface area contributed by atoms with Gasteiger partial charge in [-0.2, -0.15) is 0 Å². The average Bonchev–Trinajstić information content (AvgIpc) is 3.29. The van der Waals surface area contributed by atoms with Gasteiger partial charge in [-0.15, -0.1) is 0 Å². The molecule has 1 saturated heterocycles. The Balaban J connectivity index is 1.31. The van der Waals surface area contributed by atoms with Crippen molar-refractivity contribution in [3.8, 4) is 0 Å². The molecule has 5 nitrogen and oxygen atoms in total. The number of carbonyl (C=O) groups excluding carboxylic acids is 1. The Morgan fingerprint density at radius 3 is 2.71 bits per heavy atom. The van der Waals surface area contributed by atoms with E-state index < -0.39 is 0 Å². The molecule has 0 saturated carbocycles. The highest BCUT2D eigenvalue weighted by atomic mass is 35.5. The van der Waals surface area contributed by atoms with E-state index in [1.807, 2.05) is 40.8 Å². The van der Waals surface area contributed by atoms with Crippen molar-refractivity contribution in [1.29, 1.82) is 0 Å². The second kappa shape index (κ2) is 6.74. The predicted molar refractivity (Wildman–Crippen MR) is 114 cm³/mol. The highest BCUT2D eigenvalue weighted by Crippen LogP contribution is 2.34. The molecule has 6 heteroatoms. The molecule has 1 aromatic heterocycles. The van der Waals surface area contributed by atoms with Crippen LogP contribution in [0.3, 0.4) is 0 Å². The maximum atomic E-state index is 13.1. The number of nitrogens with one attached hydrogen (secondary N) is 1. The van der Waals surface area contributed by atoms with Crippen molar-refractivity contribution in [1.82, 2.24) is 9.47 Å². The van der Waals surface area contributed by atoms with Crippen molar-refractivity contribution in [2.75, 3.05) is 30.0 Å². The van der Waals surface area contributed by atoms with Gasteiger partial charge >= 0.3 is 0 Å². The first-order chi connectivity index (χ1) is 13.6. The lowest BCUT2D eigenvalue weighted by Gasteiger charge is -2.37. The molecule has 2 aromatic carbocycles. The Labute approximate surface area is 169 Å². The number of piperidine rings is 1. The zero-order valence-electron chi connectivity index (χ0n) is 15.9. The summed E-state index contributed by atoms with van der Waals surface area (Å²) in [6.45, 7) is 2.41. The number of halogens is 1. The SMILES string of the molecule is Cn1c(C(=O)N2CCC(N3CNc4ccccc43)CC2)cc2cc(Cl)ccc21. The molecule has 3 heterocycles. The lowest BCUT2D eigenvalue weighted by atomic mass is 10.0. The summed E-state index contributed by atoms with van der Waals surface area (Å²) in [5, 5.41) is 5.16. The Morgan fingerprint density at radius 1 is 1.11 bits per heavy atom. The van der Waals surface area contributed by atoms with Gasteiger partial charge in [0.2, 0.25) is 0 Å². The van der Waals surface area contributed by atoms with Gasteiger partial charge in [0.1, 0.15) is 5.69 Å². The average molecular weight is 395 g/mol. The molecule has 0 atom stereocenters. The largest absolute Gasteiger partial charge is 0.366 e. The van der Waals surface area contributed by atoms with Crippen LogP contribution in [0.15, 0.2) is 48.5 Å². The normalized spacial score (nSPS) is 17.1. The monoisotopic (exact) mass is 394 g/mol. The van der Waals surface area contributed by atoms with Gasteiger partial charge in [0.05, 0.1) is 18.0 Å². The Bertz CT molecular complexity index is 1050. The zero-order chi connectivity index (χ0) is 19.3. The highest BCUT2D eigenvalue weighted by molar-refractivity contribution is 6.31. The van der Waals surface area contributed by atoms with Crippen LogP contribution in [-0.2, 0) is 7.05 Å². The van der Waals surface area contributed by atoms with E-state index in [9.17, 15) is 4.79 Å². The minimum Gasteiger partial charge on any atom is -0.366 e. The van der Waals surface area contributed by atoms with E-state index in [2.05, 4.69) is 34.5 Å². The van der Waals surface area contributed by atoms with Crippen molar-refractivity contribution in [3.63, 3.8) is 0 Å².